The largest absolute Gasteiger partial charge is 0.300 e. The summed E-state index contributed by atoms with van der Waals surface area (Å²) in [7, 11) is 0. The standard InChI is InChI=1S/C16H15N3OS/c20-15(14-9-5-2-6-10-14)17-16-18-19(12-21-16)11-13-7-3-1-4-8-13/h1-10H,11-12H2,(H,17,18,20). The molecule has 1 heterocycles. The summed E-state index contributed by atoms with van der Waals surface area (Å²) in [6, 6.07) is 19.3. The fraction of sp³-hybridized carbons (Fsp3) is 0.125. The van der Waals surface area contributed by atoms with Crippen LogP contribution in [0.15, 0.2) is 65.8 Å². The van der Waals surface area contributed by atoms with Crippen LogP contribution < -0.4 is 5.32 Å². The molecule has 21 heavy (non-hydrogen) atoms. The highest BCUT2D eigenvalue weighted by molar-refractivity contribution is 8.14. The molecule has 0 atom stereocenters. The highest BCUT2D eigenvalue weighted by Gasteiger charge is 2.17. The number of hydrogen-bond donors (Lipinski definition) is 1. The van der Waals surface area contributed by atoms with Crippen LogP contribution >= 0.6 is 11.8 Å². The number of carbonyl (C=O) groups excluding carboxylic acids is 1. The molecule has 1 amide bonds. The van der Waals surface area contributed by atoms with Crippen molar-refractivity contribution in [3.8, 4) is 0 Å². The zero-order chi connectivity index (χ0) is 14.5. The van der Waals surface area contributed by atoms with Crippen LogP contribution in [0.25, 0.3) is 0 Å². The molecule has 0 bridgehead atoms. The number of nitrogens with zero attached hydrogens (tertiary/aromatic N) is 2. The van der Waals surface area contributed by atoms with E-state index in [-0.39, 0.29) is 5.91 Å². The van der Waals surface area contributed by atoms with Crippen LogP contribution in [0.2, 0.25) is 0 Å². The molecule has 0 saturated carbocycles. The molecule has 0 fully saturated rings. The lowest BCUT2D eigenvalue weighted by Crippen LogP contribution is -2.27. The predicted molar refractivity (Wildman–Crippen MR) is 85.8 cm³/mol. The number of rotatable bonds is 3. The third-order valence-electron chi connectivity index (χ3n) is 3.05. The Balaban J connectivity index is 1.60. The van der Waals surface area contributed by atoms with Crippen molar-refractivity contribution in [2.75, 3.05) is 5.88 Å². The predicted octanol–water partition coefficient (Wildman–Crippen LogP) is 2.89. The van der Waals surface area contributed by atoms with E-state index in [2.05, 4.69) is 22.6 Å². The van der Waals surface area contributed by atoms with Crippen molar-refractivity contribution >= 4 is 22.8 Å². The molecule has 3 rings (SSSR count). The Hall–Kier alpha value is -2.27. The maximum absolute atomic E-state index is 12.0. The summed E-state index contributed by atoms with van der Waals surface area (Å²) in [5, 5.41) is 9.87. The van der Waals surface area contributed by atoms with Crippen molar-refractivity contribution in [1.82, 2.24) is 10.3 Å². The minimum Gasteiger partial charge on any atom is -0.300 e. The third kappa shape index (κ3) is 3.64. The van der Waals surface area contributed by atoms with E-state index < -0.39 is 0 Å². The van der Waals surface area contributed by atoms with Gasteiger partial charge in [-0.25, -0.2) is 0 Å². The van der Waals surface area contributed by atoms with Crippen LogP contribution in [0.3, 0.4) is 0 Å². The van der Waals surface area contributed by atoms with Crippen LogP contribution in [-0.4, -0.2) is 22.0 Å². The van der Waals surface area contributed by atoms with Crippen LogP contribution in [0.1, 0.15) is 15.9 Å². The van der Waals surface area contributed by atoms with Crippen molar-refractivity contribution < 1.29 is 4.79 Å². The Labute approximate surface area is 127 Å². The summed E-state index contributed by atoms with van der Waals surface area (Å²) in [5.41, 5.74) is 1.85. The molecule has 106 valence electrons. The Kier molecular flexibility index (Phi) is 4.21. The topological polar surface area (TPSA) is 44.7 Å². The van der Waals surface area contributed by atoms with E-state index in [0.29, 0.717) is 10.7 Å². The molecular weight excluding hydrogens is 282 g/mol. The Morgan fingerprint density at radius 3 is 2.48 bits per heavy atom. The maximum atomic E-state index is 12.0. The number of amides is 1. The molecule has 1 aliphatic rings. The third-order valence-corrected chi connectivity index (χ3v) is 3.93. The van der Waals surface area contributed by atoms with Crippen molar-refractivity contribution in [3.05, 3.63) is 71.8 Å². The number of carbonyl (C=O) groups is 1. The van der Waals surface area contributed by atoms with Gasteiger partial charge in [-0.05, 0) is 17.7 Å². The lowest BCUT2D eigenvalue weighted by molar-refractivity contribution is 0.0977. The number of amidine groups is 1. The zero-order valence-corrected chi connectivity index (χ0v) is 12.2. The molecule has 0 aromatic heterocycles. The van der Waals surface area contributed by atoms with Crippen molar-refractivity contribution in [2.24, 2.45) is 5.10 Å². The van der Waals surface area contributed by atoms with Crippen LogP contribution in [0.4, 0.5) is 0 Å². The van der Waals surface area contributed by atoms with Gasteiger partial charge < -0.3 is 0 Å². The maximum Gasteiger partial charge on any atom is 0.257 e. The fourth-order valence-electron chi connectivity index (χ4n) is 2.02. The summed E-state index contributed by atoms with van der Waals surface area (Å²) < 4.78 is 0. The first-order valence-electron chi connectivity index (χ1n) is 6.68. The van der Waals surface area contributed by atoms with Gasteiger partial charge in [0.1, 0.15) is 0 Å². The molecule has 1 N–H and O–H groups in total. The first-order valence-corrected chi connectivity index (χ1v) is 7.66. The van der Waals surface area contributed by atoms with Gasteiger partial charge >= 0.3 is 0 Å². The van der Waals surface area contributed by atoms with Crippen molar-refractivity contribution in [1.29, 1.82) is 0 Å². The Morgan fingerprint density at radius 1 is 1.10 bits per heavy atom. The quantitative estimate of drug-likeness (QED) is 0.947. The Morgan fingerprint density at radius 2 is 1.76 bits per heavy atom. The van der Waals surface area contributed by atoms with E-state index in [0.717, 1.165) is 12.4 Å². The summed E-state index contributed by atoms with van der Waals surface area (Å²) >= 11 is 1.54. The van der Waals surface area contributed by atoms with E-state index in [1.807, 2.05) is 41.4 Å². The number of thioether (sulfide) groups is 1. The fourth-order valence-corrected chi connectivity index (χ4v) is 2.78. The SMILES string of the molecule is O=C(NC1=NN(Cc2ccccc2)CS1)c1ccccc1. The number of hydrogen-bond acceptors (Lipinski definition) is 4. The first-order chi connectivity index (χ1) is 10.3. The number of nitrogens with one attached hydrogen (secondary N) is 1. The van der Waals surface area contributed by atoms with Gasteiger partial charge in [0.25, 0.3) is 5.91 Å². The van der Waals surface area contributed by atoms with Gasteiger partial charge in [-0.15, -0.1) is 0 Å². The van der Waals surface area contributed by atoms with Gasteiger partial charge in [-0.2, -0.15) is 5.10 Å². The average molecular weight is 297 g/mol. The summed E-state index contributed by atoms with van der Waals surface area (Å²) in [5.74, 6) is 0.627. The molecule has 4 nitrogen and oxygen atoms in total. The second-order valence-electron chi connectivity index (χ2n) is 4.65. The molecule has 0 saturated heterocycles. The van der Waals surface area contributed by atoms with Crippen LogP contribution in [0.5, 0.6) is 0 Å². The second-order valence-corrected chi connectivity index (χ2v) is 5.58. The van der Waals surface area contributed by atoms with Gasteiger partial charge in [0.2, 0.25) is 0 Å². The van der Waals surface area contributed by atoms with Crippen molar-refractivity contribution in [3.63, 3.8) is 0 Å². The van der Waals surface area contributed by atoms with E-state index >= 15 is 0 Å². The van der Waals surface area contributed by atoms with E-state index in [9.17, 15) is 4.79 Å². The van der Waals surface area contributed by atoms with Gasteiger partial charge in [0, 0.05) is 5.56 Å². The minimum atomic E-state index is -0.122. The van der Waals surface area contributed by atoms with Gasteiger partial charge in [-0.3, -0.25) is 15.1 Å². The lowest BCUT2D eigenvalue weighted by atomic mass is 10.2. The lowest BCUT2D eigenvalue weighted by Gasteiger charge is -2.11. The molecular formula is C16H15N3OS. The molecule has 2 aromatic rings. The van der Waals surface area contributed by atoms with Gasteiger partial charge in [0.05, 0.1) is 12.4 Å². The highest BCUT2D eigenvalue weighted by Crippen LogP contribution is 2.18. The number of benzene rings is 2. The molecule has 2 aromatic carbocycles. The van der Waals surface area contributed by atoms with E-state index in [1.54, 1.807) is 12.1 Å². The zero-order valence-electron chi connectivity index (χ0n) is 11.4. The van der Waals surface area contributed by atoms with Crippen LogP contribution in [0, 0.1) is 0 Å². The molecule has 0 spiro atoms. The first kappa shape index (κ1) is 13.7. The average Bonchev–Trinajstić information content (AvgIpc) is 2.96. The summed E-state index contributed by atoms with van der Waals surface area (Å²) in [6.45, 7) is 0.749. The molecule has 5 heteroatoms. The molecule has 0 radical (unpaired) electrons. The van der Waals surface area contributed by atoms with E-state index in [1.165, 1.54) is 17.3 Å². The number of hydrazone groups is 1. The summed E-state index contributed by atoms with van der Waals surface area (Å²) in [4.78, 5) is 12.0. The van der Waals surface area contributed by atoms with Gasteiger partial charge in [-0.1, -0.05) is 60.3 Å². The highest BCUT2D eigenvalue weighted by atomic mass is 32.2. The van der Waals surface area contributed by atoms with Crippen LogP contribution in [-0.2, 0) is 6.54 Å². The van der Waals surface area contributed by atoms with Gasteiger partial charge in [0.15, 0.2) is 5.17 Å². The van der Waals surface area contributed by atoms with Crippen molar-refractivity contribution in [2.45, 2.75) is 6.54 Å². The normalized spacial score (nSPS) is 13.9. The smallest absolute Gasteiger partial charge is 0.257 e. The molecule has 1 aliphatic heterocycles. The summed E-state index contributed by atoms with van der Waals surface area (Å²) in [6.07, 6.45) is 0. The molecule has 0 unspecified atom stereocenters. The minimum absolute atomic E-state index is 0.122. The van der Waals surface area contributed by atoms with E-state index in [4.69, 9.17) is 0 Å². The molecule has 0 aliphatic carbocycles. The Bertz CT molecular complexity index is 643. The second kappa shape index (κ2) is 6.45. The monoisotopic (exact) mass is 297 g/mol.